The molecule has 0 heterocycles. The van der Waals surface area contributed by atoms with Gasteiger partial charge in [0, 0.05) is 23.9 Å². The molecule has 8 rings (SSSR count). The van der Waals surface area contributed by atoms with Crippen molar-refractivity contribution >= 4 is 29.4 Å². The van der Waals surface area contributed by atoms with Crippen molar-refractivity contribution in [2.45, 2.75) is 118 Å². The molecular weight excluding hydrogens is 805 g/mol. The minimum Gasteiger partial charge on any atom is -0.493 e. The SMILES string of the molecule is CC[C@H](CC[C@@H](C)[C@H]1CC[C@H]2[C@@H]3CC=C4C[C@@H](OC(=O)/C=C/c5ccc(OC(=O)c6cc(-c7cccc(N)c7)cc(-c7cccc(N)c7)c6)c(OC)c5)CC[C@]4(C)[C@H]3CC[C@]12C)C(C)C. The Hall–Kier alpha value is -5.30. The number of benzene rings is 4. The molecule has 344 valence electrons. The fraction of sp³-hybridized carbons (Fsp3) is 0.483. The number of esters is 2. The Morgan fingerprint density at radius 1 is 0.785 bits per heavy atom. The number of rotatable bonds is 14. The van der Waals surface area contributed by atoms with E-state index >= 15 is 0 Å². The smallest absolute Gasteiger partial charge is 0.343 e. The third-order valence-corrected chi connectivity index (χ3v) is 17.0. The van der Waals surface area contributed by atoms with Crippen LogP contribution in [0.5, 0.6) is 11.5 Å². The van der Waals surface area contributed by atoms with Crippen molar-refractivity contribution in [2.75, 3.05) is 18.6 Å². The van der Waals surface area contributed by atoms with Crippen molar-refractivity contribution in [3.63, 3.8) is 0 Å². The zero-order valence-corrected chi connectivity index (χ0v) is 39.9. The standard InChI is InChI=1S/C58H72N2O5/c1-8-39(36(2)3)18-15-37(4)50-21-22-51-49-20-19-45-35-48(25-27-57(45,5)52(49)26-28-58(50,51)6)64-55(61)24-17-38-16-23-53(54(29-38)63-7)65-56(62)44-31-42(40-11-9-13-46(59)33-40)30-43(32-44)41-12-10-14-47(60)34-41/h9-14,16-17,19,23-24,29-34,36-37,39,48-52H,8,15,18,20-22,25-28,35,59-60H2,1-7H3/b24-17+/t37-,39-,48+,49+,50-,51+,52+,57+,58-/m1/s1. The van der Waals surface area contributed by atoms with E-state index in [9.17, 15) is 9.59 Å². The Morgan fingerprint density at radius 3 is 2.14 bits per heavy atom. The maximum atomic E-state index is 13.8. The molecule has 4 N–H and O–H groups in total. The van der Waals surface area contributed by atoms with Crippen molar-refractivity contribution < 1.29 is 23.8 Å². The Kier molecular flexibility index (Phi) is 13.7. The monoisotopic (exact) mass is 877 g/mol. The normalized spacial score (nSPS) is 27.0. The van der Waals surface area contributed by atoms with Crippen LogP contribution in [0.4, 0.5) is 11.4 Å². The van der Waals surface area contributed by atoms with Crippen LogP contribution in [0.2, 0.25) is 0 Å². The second-order valence-electron chi connectivity index (χ2n) is 20.9. The molecule has 0 aliphatic heterocycles. The summed E-state index contributed by atoms with van der Waals surface area (Å²) in [4.78, 5) is 27.1. The van der Waals surface area contributed by atoms with Crippen LogP contribution in [0.25, 0.3) is 28.3 Å². The quantitative estimate of drug-likeness (QED) is 0.0426. The lowest BCUT2D eigenvalue weighted by Gasteiger charge is -2.58. The van der Waals surface area contributed by atoms with Crippen LogP contribution in [0.3, 0.4) is 0 Å². The number of methoxy groups -OCH3 is 1. The Labute approximate surface area is 388 Å². The predicted molar refractivity (Wildman–Crippen MR) is 265 cm³/mol. The summed E-state index contributed by atoms with van der Waals surface area (Å²) < 4.78 is 17.7. The van der Waals surface area contributed by atoms with Gasteiger partial charge in [0.05, 0.1) is 12.7 Å². The van der Waals surface area contributed by atoms with E-state index in [2.05, 4.69) is 47.6 Å². The first kappa shape index (κ1) is 46.2. The molecule has 4 aliphatic carbocycles. The van der Waals surface area contributed by atoms with Gasteiger partial charge in [-0.15, -0.1) is 0 Å². The second-order valence-corrected chi connectivity index (χ2v) is 20.9. The zero-order valence-electron chi connectivity index (χ0n) is 39.9. The summed E-state index contributed by atoms with van der Waals surface area (Å²) in [6, 6.07) is 25.9. The van der Waals surface area contributed by atoms with Gasteiger partial charge in [-0.3, -0.25) is 0 Å². The third-order valence-electron chi connectivity index (χ3n) is 17.0. The fourth-order valence-corrected chi connectivity index (χ4v) is 13.3. The van der Waals surface area contributed by atoms with Crippen LogP contribution < -0.4 is 20.9 Å². The van der Waals surface area contributed by atoms with Gasteiger partial charge in [0.2, 0.25) is 0 Å². The van der Waals surface area contributed by atoms with Crippen LogP contribution in [0, 0.1) is 52.3 Å². The maximum Gasteiger partial charge on any atom is 0.343 e. The third kappa shape index (κ3) is 9.67. The molecule has 3 saturated carbocycles. The molecule has 0 aromatic heterocycles. The molecule has 4 aliphatic rings. The molecule has 65 heavy (non-hydrogen) atoms. The lowest BCUT2D eigenvalue weighted by molar-refractivity contribution is -0.145. The first-order chi connectivity index (χ1) is 31.2. The number of allylic oxidation sites excluding steroid dienone is 1. The molecule has 0 bridgehead atoms. The van der Waals surface area contributed by atoms with Gasteiger partial charge < -0.3 is 25.7 Å². The number of hydrogen-bond donors (Lipinski definition) is 2. The van der Waals surface area contributed by atoms with Crippen LogP contribution in [0.15, 0.2) is 103 Å². The summed E-state index contributed by atoms with van der Waals surface area (Å²) in [5, 5.41) is 0. The van der Waals surface area contributed by atoms with Crippen molar-refractivity contribution in [2.24, 2.45) is 52.3 Å². The van der Waals surface area contributed by atoms with E-state index in [0.29, 0.717) is 28.1 Å². The highest BCUT2D eigenvalue weighted by Crippen LogP contribution is 2.67. The van der Waals surface area contributed by atoms with E-state index in [1.807, 2.05) is 54.6 Å². The Morgan fingerprint density at radius 2 is 1.49 bits per heavy atom. The lowest BCUT2D eigenvalue weighted by Crippen LogP contribution is -2.51. The molecule has 0 radical (unpaired) electrons. The van der Waals surface area contributed by atoms with Crippen LogP contribution in [-0.2, 0) is 9.53 Å². The molecular formula is C58H72N2O5. The number of anilines is 2. The number of ether oxygens (including phenoxy) is 3. The average Bonchev–Trinajstić information content (AvgIpc) is 3.66. The lowest BCUT2D eigenvalue weighted by atomic mass is 9.47. The van der Waals surface area contributed by atoms with Crippen molar-refractivity contribution in [1.29, 1.82) is 0 Å². The summed E-state index contributed by atoms with van der Waals surface area (Å²) in [6.07, 6.45) is 19.2. The molecule has 0 unspecified atom stereocenters. The van der Waals surface area contributed by atoms with Crippen molar-refractivity contribution in [1.82, 2.24) is 0 Å². The van der Waals surface area contributed by atoms with Gasteiger partial charge in [-0.1, -0.05) is 96.4 Å². The van der Waals surface area contributed by atoms with E-state index < -0.39 is 5.97 Å². The van der Waals surface area contributed by atoms with Gasteiger partial charge >= 0.3 is 11.9 Å². The fourth-order valence-electron chi connectivity index (χ4n) is 13.3. The molecule has 0 amide bonds. The van der Waals surface area contributed by atoms with Gasteiger partial charge in [0.25, 0.3) is 0 Å². The largest absolute Gasteiger partial charge is 0.493 e. The van der Waals surface area contributed by atoms with E-state index in [1.165, 1.54) is 70.1 Å². The highest BCUT2D eigenvalue weighted by atomic mass is 16.6. The van der Waals surface area contributed by atoms with Gasteiger partial charge in [-0.25, -0.2) is 9.59 Å². The van der Waals surface area contributed by atoms with Crippen LogP contribution >= 0.6 is 0 Å². The topological polar surface area (TPSA) is 114 Å². The summed E-state index contributed by atoms with van der Waals surface area (Å²) in [6.45, 7) is 15.0. The first-order valence-corrected chi connectivity index (χ1v) is 24.5. The minimum absolute atomic E-state index is 0.125. The van der Waals surface area contributed by atoms with Crippen molar-refractivity contribution in [3.05, 3.63) is 114 Å². The average molecular weight is 877 g/mol. The first-order valence-electron chi connectivity index (χ1n) is 24.5. The molecule has 0 spiro atoms. The summed E-state index contributed by atoms with van der Waals surface area (Å²) >= 11 is 0. The Balaban J connectivity index is 0.892. The summed E-state index contributed by atoms with van der Waals surface area (Å²) in [7, 11) is 1.53. The molecule has 0 saturated heterocycles. The predicted octanol–water partition coefficient (Wildman–Crippen LogP) is 14.0. The molecule has 7 nitrogen and oxygen atoms in total. The molecule has 9 atom stereocenters. The van der Waals surface area contributed by atoms with Crippen molar-refractivity contribution in [3.8, 4) is 33.8 Å². The molecule has 3 fully saturated rings. The number of fused-ring (bicyclic) bond motifs is 5. The maximum absolute atomic E-state index is 13.8. The Bertz CT molecular complexity index is 2370. The van der Waals surface area contributed by atoms with Gasteiger partial charge in [0.15, 0.2) is 11.5 Å². The molecule has 4 aromatic rings. The number of hydrogen-bond acceptors (Lipinski definition) is 7. The van der Waals surface area contributed by atoms with Gasteiger partial charge in [-0.05, 0) is 192 Å². The van der Waals surface area contributed by atoms with Crippen LogP contribution in [0.1, 0.15) is 128 Å². The van der Waals surface area contributed by atoms with Crippen LogP contribution in [-0.4, -0.2) is 25.2 Å². The van der Waals surface area contributed by atoms with E-state index in [0.717, 1.165) is 88.5 Å². The van der Waals surface area contributed by atoms with Gasteiger partial charge in [0.1, 0.15) is 6.10 Å². The number of carbonyl (C=O) groups excluding carboxylic acids is 2. The van der Waals surface area contributed by atoms with E-state index in [4.69, 9.17) is 25.7 Å². The number of nitrogens with two attached hydrogens (primary N) is 2. The van der Waals surface area contributed by atoms with E-state index in [-0.39, 0.29) is 23.2 Å². The zero-order chi connectivity index (χ0) is 46.0. The highest BCUT2D eigenvalue weighted by Gasteiger charge is 2.59. The summed E-state index contributed by atoms with van der Waals surface area (Å²) in [5.41, 5.74) is 20.1. The minimum atomic E-state index is -0.546. The molecule has 4 aromatic carbocycles. The second kappa shape index (κ2) is 19.3. The number of nitrogen functional groups attached to an aromatic ring is 2. The highest BCUT2D eigenvalue weighted by molar-refractivity contribution is 5.95. The number of carbonyl (C=O) groups is 2. The summed E-state index contributed by atoms with van der Waals surface area (Å²) in [5.74, 6) is 5.32. The molecule has 7 heteroatoms. The van der Waals surface area contributed by atoms with E-state index in [1.54, 1.807) is 36.4 Å². The van der Waals surface area contributed by atoms with Gasteiger partial charge in [-0.2, -0.15) is 0 Å².